The van der Waals surface area contributed by atoms with Gasteiger partial charge in [0.1, 0.15) is 0 Å². The molecule has 1 heterocycles. The number of fused-ring (bicyclic) bond motifs is 2. The average Bonchev–Trinajstić information content (AvgIpc) is 2.82. The van der Waals surface area contributed by atoms with Crippen molar-refractivity contribution in [2.24, 2.45) is 10.9 Å². The van der Waals surface area contributed by atoms with E-state index in [1.807, 2.05) is 11.8 Å². The van der Waals surface area contributed by atoms with Crippen LogP contribution in [-0.4, -0.2) is 5.71 Å². The highest BCUT2D eigenvalue weighted by Gasteiger charge is 2.33. The second-order valence-electron chi connectivity index (χ2n) is 8.07. The van der Waals surface area contributed by atoms with Crippen LogP contribution >= 0.6 is 11.8 Å². The molecule has 3 atom stereocenters. The largest absolute Gasteiger partial charge is 0.247 e. The molecule has 0 amide bonds. The number of aliphatic imine (C=N–C) groups is 1. The Morgan fingerprint density at radius 3 is 2.13 bits per heavy atom. The fourth-order valence-corrected chi connectivity index (χ4v) is 5.79. The number of thioether (sulfide) groups is 1. The summed E-state index contributed by atoms with van der Waals surface area (Å²) in [5, 5.41) is 0. The Morgan fingerprint density at radius 1 is 0.767 bits per heavy atom. The molecule has 3 unspecified atom stereocenters. The Labute approximate surface area is 183 Å². The maximum atomic E-state index is 5.01. The van der Waals surface area contributed by atoms with E-state index in [0.29, 0.717) is 17.8 Å². The molecule has 1 nitrogen and oxygen atoms in total. The van der Waals surface area contributed by atoms with Gasteiger partial charge >= 0.3 is 0 Å². The molecule has 0 saturated heterocycles. The summed E-state index contributed by atoms with van der Waals surface area (Å²) < 4.78 is 0. The van der Waals surface area contributed by atoms with Crippen LogP contribution in [0.1, 0.15) is 36.8 Å². The van der Waals surface area contributed by atoms with Gasteiger partial charge in [-0.3, -0.25) is 0 Å². The fourth-order valence-electron chi connectivity index (χ4n) is 4.55. The first-order chi connectivity index (χ1) is 14.7. The number of allylic oxidation sites excluding steroid dienone is 4. The summed E-state index contributed by atoms with van der Waals surface area (Å²) in [5.41, 5.74) is 6.41. The van der Waals surface area contributed by atoms with Crippen LogP contribution in [-0.2, 0) is 0 Å². The number of nitrogens with zero attached hydrogens (tertiary/aromatic N) is 1. The molecule has 0 saturated carbocycles. The summed E-state index contributed by atoms with van der Waals surface area (Å²) in [6.07, 6.45) is 4.62. The van der Waals surface area contributed by atoms with E-state index < -0.39 is 0 Å². The molecule has 0 aromatic heterocycles. The van der Waals surface area contributed by atoms with Crippen LogP contribution in [0.15, 0.2) is 117 Å². The number of para-hydroxylation sites is 1. The summed E-state index contributed by atoms with van der Waals surface area (Å²) in [6, 6.07) is 30.2. The van der Waals surface area contributed by atoms with Crippen LogP contribution < -0.4 is 0 Å². The Hall–Kier alpha value is -2.84. The summed E-state index contributed by atoms with van der Waals surface area (Å²) in [5.74, 6) is 1.06. The molecule has 1 aliphatic heterocycles. The summed E-state index contributed by atoms with van der Waals surface area (Å²) in [4.78, 5) is 7.59. The maximum absolute atomic E-state index is 5.01. The summed E-state index contributed by atoms with van der Waals surface area (Å²) in [6.45, 7) is 4.70. The van der Waals surface area contributed by atoms with Crippen molar-refractivity contribution in [3.05, 3.63) is 119 Å². The van der Waals surface area contributed by atoms with Gasteiger partial charge in [0.15, 0.2) is 0 Å². The van der Waals surface area contributed by atoms with Gasteiger partial charge in [0.25, 0.3) is 0 Å². The van der Waals surface area contributed by atoms with Gasteiger partial charge in [-0.25, -0.2) is 4.99 Å². The molecular weight excluding hydrogens is 382 g/mol. The van der Waals surface area contributed by atoms with Crippen molar-refractivity contribution in [2.45, 2.75) is 30.6 Å². The van der Waals surface area contributed by atoms with Crippen molar-refractivity contribution in [3.8, 4) is 0 Å². The lowest BCUT2D eigenvalue weighted by Crippen LogP contribution is -2.22. The van der Waals surface area contributed by atoms with Gasteiger partial charge in [-0.2, -0.15) is 0 Å². The van der Waals surface area contributed by atoms with E-state index >= 15 is 0 Å². The predicted molar refractivity (Wildman–Crippen MR) is 129 cm³/mol. The Balaban J connectivity index is 1.65. The van der Waals surface area contributed by atoms with E-state index in [4.69, 9.17) is 4.99 Å². The Morgan fingerprint density at radius 2 is 1.40 bits per heavy atom. The minimum absolute atomic E-state index is 0.324. The third-order valence-corrected chi connectivity index (χ3v) is 7.48. The highest BCUT2D eigenvalue weighted by molar-refractivity contribution is 8.04. The van der Waals surface area contributed by atoms with E-state index in [1.54, 1.807) is 0 Å². The van der Waals surface area contributed by atoms with E-state index in [0.717, 1.165) is 11.4 Å². The SMILES string of the molecule is CC(C1=C2Sc3ccccc3N=C2C=CC1C(C)c1ccccc1)c1ccccc1. The zero-order valence-electron chi connectivity index (χ0n) is 17.3. The molecule has 0 radical (unpaired) electrons. The fraction of sp³-hybridized carbons (Fsp3) is 0.179. The molecule has 2 aliphatic rings. The number of hydrogen-bond donors (Lipinski definition) is 0. The van der Waals surface area contributed by atoms with Gasteiger partial charge in [-0.1, -0.05) is 104 Å². The van der Waals surface area contributed by atoms with Crippen LogP contribution in [0.25, 0.3) is 0 Å². The highest BCUT2D eigenvalue weighted by Crippen LogP contribution is 2.50. The van der Waals surface area contributed by atoms with Crippen LogP contribution in [0.4, 0.5) is 5.69 Å². The Kier molecular flexibility index (Phi) is 5.18. The molecule has 148 valence electrons. The van der Waals surface area contributed by atoms with Crippen LogP contribution in [0.2, 0.25) is 0 Å². The van der Waals surface area contributed by atoms with Crippen molar-refractivity contribution >= 4 is 23.2 Å². The molecule has 0 N–H and O–H groups in total. The van der Waals surface area contributed by atoms with Crippen molar-refractivity contribution in [2.75, 3.05) is 0 Å². The second-order valence-corrected chi connectivity index (χ2v) is 9.12. The molecule has 3 aromatic rings. The van der Waals surface area contributed by atoms with Crippen molar-refractivity contribution in [3.63, 3.8) is 0 Å². The number of hydrogen-bond acceptors (Lipinski definition) is 2. The second kappa shape index (κ2) is 8.12. The first kappa shape index (κ1) is 19.1. The zero-order valence-corrected chi connectivity index (χ0v) is 18.1. The van der Waals surface area contributed by atoms with Gasteiger partial charge in [-0.05, 0) is 40.8 Å². The molecule has 5 rings (SSSR count). The monoisotopic (exact) mass is 407 g/mol. The minimum atomic E-state index is 0.324. The van der Waals surface area contributed by atoms with E-state index in [1.165, 1.54) is 26.5 Å². The molecule has 0 fully saturated rings. The lowest BCUT2D eigenvalue weighted by atomic mass is 9.73. The van der Waals surface area contributed by atoms with Gasteiger partial charge in [0.2, 0.25) is 0 Å². The van der Waals surface area contributed by atoms with Gasteiger partial charge < -0.3 is 0 Å². The third kappa shape index (κ3) is 3.46. The van der Waals surface area contributed by atoms with Crippen molar-refractivity contribution in [1.82, 2.24) is 0 Å². The zero-order chi connectivity index (χ0) is 20.5. The van der Waals surface area contributed by atoms with Gasteiger partial charge in [0.05, 0.1) is 11.4 Å². The lowest BCUT2D eigenvalue weighted by Gasteiger charge is -2.35. The topological polar surface area (TPSA) is 12.4 Å². The highest BCUT2D eigenvalue weighted by atomic mass is 32.2. The molecule has 3 aromatic carbocycles. The maximum Gasteiger partial charge on any atom is 0.0776 e. The standard InChI is InChI=1S/C28H25NS/c1-19(21-11-5-3-6-12-21)23-17-18-25-28(30-26-16-10-9-15-24(26)29-25)27(23)20(2)22-13-7-4-8-14-22/h3-20,23H,1-2H3. The summed E-state index contributed by atoms with van der Waals surface area (Å²) >= 11 is 1.89. The predicted octanol–water partition coefficient (Wildman–Crippen LogP) is 7.91. The van der Waals surface area contributed by atoms with E-state index in [9.17, 15) is 0 Å². The number of benzene rings is 3. The summed E-state index contributed by atoms with van der Waals surface area (Å²) in [7, 11) is 0. The van der Waals surface area contributed by atoms with Crippen molar-refractivity contribution in [1.29, 1.82) is 0 Å². The lowest BCUT2D eigenvalue weighted by molar-refractivity contribution is 0.576. The third-order valence-electron chi connectivity index (χ3n) is 6.26. The van der Waals surface area contributed by atoms with Gasteiger partial charge in [-0.15, -0.1) is 0 Å². The number of rotatable bonds is 4. The molecule has 2 heteroatoms. The first-order valence-corrected chi connectivity index (χ1v) is 11.4. The molecule has 1 aliphatic carbocycles. The smallest absolute Gasteiger partial charge is 0.0776 e. The Bertz CT molecular complexity index is 1140. The quantitative estimate of drug-likeness (QED) is 0.428. The van der Waals surface area contributed by atoms with E-state index in [-0.39, 0.29) is 0 Å². The molecule has 30 heavy (non-hydrogen) atoms. The minimum Gasteiger partial charge on any atom is -0.247 e. The first-order valence-electron chi connectivity index (χ1n) is 10.6. The molecule has 0 bridgehead atoms. The van der Waals surface area contributed by atoms with E-state index in [2.05, 4.69) is 111 Å². The molecule has 0 spiro atoms. The average molecular weight is 408 g/mol. The van der Waals surface area contributed by atoms with Crippen molar-refractivity contribution < 1.29 is 0 Å². The van der Waals surface area contributed by atoms with Crippen LogP contribution in [0.3, 0.4) is 0 Å². The van der Waals surface area contributed by atoms with Gasteiger partial charge in [0, 0.05) is 21.6 Å². The van der Waals surface area contributed by atoms with Crippen LogP contribution in [0, 0.1) is 5.92 Å². The van der Waals surface area contributed by atoms with Crippen LogP contribution in [0.5, 0.6) is 0 Å². The normalized spacial score (nSPS) is 19.5. The molecular formula is C28H25NS.